The Morgan fingerprint density at radius 3 is 1.70 bits per heavy atom. The van der Waals surface area contributed by atoms with Gasteiger partial charge in [-0.05, 0) is 46.4 Å². The number of rotatable bonds is 8. The van der Waals surface area contributed by atoms with E-state index in [0.29, 0.717) is 6.61 Å². The molecule has 0 aliphatic heterocycles. The molecule has 0 spiro atoms. The zero-order valence-corrected chi connectivity index (χ0v) is 20.6. The first kappa shape index (κ1) is 24.2. The summed E-state index contributed by atoms with van der Waals surface area (Å²) in [5.74, 6) is 0.923. The molecule has 30 heavy (non-hydrogen) atoms. The molecule has 0 saturated carbocycles. The quantitative estimate of drug-likeness (QED) is 0.256. The van der Waals surface area contributed by atoms with Gasteiger partial charge in [0, 0.05) is 0 Å². The number of halogens is 1. The number of ether oxygens (including phenoxy) is 1. The topological polar surface area (TPSA) is 9.23 Å². The third kappa shape index (κ3) is 6.71. The molecule has 0 unspecified atom stereocenters. The number of hydrogen-bond acceptors (Lipinski definition) is 1. The molecule has 0 aliphatic rings. The molecular weight excluding hydrogens is 481 g/mol. The minimum Gasteiger partial charge on any atom is -1.00 e. The summed E-state index contributed by atoms with van der Waals surface area (Å²) < 4.78 is 6.86. The van der Waals surface area contributed by atoms with Gasteiger partial charge < -0.3 is 33.2 Å². The maximum Gasteiger partial charge on any atom is 0.137 e. The molecule has 0 saturated heterocycles. The molecule has 3 heteroatoms. The van der Waals surface area contributed by atoms with Crippen molar-refractivity contribution in [2.75, 3.05) is 34.3 Å². The van der Waals surface area contributed by atoms with Gasteiger partial charge in [-0.25, -0.2) is 0 Å². The number of nitrogens with zero attached hydrogens (tertiary/aromatic N) is 1. The summed E-state index contributed by atoms with van der Waals surface area (Å²) in [6, 6.07) is 29.9. The fourth-order valence-electron chi connectivity index (χ4n) is 3.44. The van der Waals surface area contributed by atoms with E-state index in [1.54, 1.807) is 0 Å². The van der Waals surface area contributed by atoms with Crippen LogP contribution in [0.4, 0.5) is 0 Å². The highest BCUT2D eigenvalue weighted by Gasteiger charge is 2.13. The summed E-state index contributed by atoms with van der Waals surface area (Å²) in [5, 5.41) is 0. The molecule has 0 aromatic heterocycles. The van der Waals surface area contributed by atoms with Crippen LogP contribution in [0.15, 0.2) is 84.9 Å². The number of likely N-dealkylation sites (N-methyl/N-ethyl adjacent to an activating group) is 1. The number of allylic oxidation sites excluding steroid dienone is 1. The van der Waals surface area contributed by atoms with E-state index in [4.69, 9.17) is 4.74 Å². The molecule has 3 aromatic carbocycles. The average Bonchev–Trinajstić information content (AvgIpc) is 2.73. The first-order valence-corrected chi connectivity index (χ1v) is 10.4. The van der Waals surface area contributed by atoms with Gasteiger partial charge in [-0.2, -0.15) is 0 Å². The van der Waals surface area contributed by atoms with Crippen molar-refractivity contribution in [2.45, 2.75) is 13.3 Å². The zero-order valence-electron chi connectivity index (χ0n) is 18.4. The van der Waals surface area contributed by atoms with E-state index < -0.39 is 0 Å². The van der Waals surface area contributed by atoms with E-state index >= 15 is 0 Å². The SMILES string of the molecule is CC/C(=C(\c1ccccc1)c1ccc(OCC[N+](C)(C)C)cc1)c1ccccc1.[I-]. The van der Waals surface area contributed by atoms with Gasteiger partial charge in [0.2, 0.25) is 0 Å². The normalized spacial score (nSPS) is 12.0. The molecule has 3 rings (SSSR count). The average molecular weight is 513 g/mol. The molecule has 0 amide bonds. The fourth-order valence-corrected chi connectivity index (χ4v) is 3.44. The van der Waals surface area contributed by atoms with Crippen LogP contribution in [0.2, 0.25) is 0 Å². The Balaban J connectivity index is 0.00000320. The van der Waals surface area contributed by atoms with Gasteiger partial charge in [-0.15, -0.1) is 0 Å². The monoisotopic (exact) mass is 513 g/mol. The molecule has 0 bridgehead atoms. The third-order valence-corrected chi connectivity index (χ3v) is 5.01. The smallest absolute Gasteiger partial charge is 0.137 e. The van der Waals surface area contributed by atoms with Gasteiger partial charge in [0.15, 0.2) is 0 Å². The van der Waals surface area contributed by atoms with Crippen LogP contribution in [0.3, 0.4) is 0 Å². The molecule has 0 aliphatic carbocycles. The van der Waals surface area contributed by atoms with Crippen LogP contribution in [0, 0.1) is 0 Å². The Hall–Kier alpha value is -2.11. The van der Waals surface area contributed by atoms with Crippen LogP contribution in [-0.4, -0.2) is 38.8 Å². The Bertz CT molecular complexity index is 926. The van der Waals surface area contributed by atoms with Gasteiger partial charge >= 0.3 is 0 Å². The summed E-state index contributed by atoms with van der Waals surface area (Å²) >= 11 is 0. The lowest BCUT2D eigenvalue weighted by molar-refractivity contribution is -0.870. The predicted octanol–water partition coefficient (Wildman–Crippen LogP) is 3.14. The largest absolute Gasteiger partial charge is 1.00 e. The molecule has 0 fully saturated rings. The van der Waals surface area contributed by atoms with Gasteiger partial charge in [-0.1, -0.05) is 79.7 Å². The lowest BCUT2D eigenvalue weighted by atomic mass is 9.88. The van der Waals surface area contributed by atoms with Gasteiger partial charge in [0.1, 0.15) is 18.9 Å². The number of hydrogen-bond donors (Lipinski definition) is 0. The summed E-state index contributed by atoms with van der Waals surface area (Å²) in [4.78, 5) is 0. The van der Waals surface area contributed by atoms with Crippen LogP contribution < -0.4 is 28.7 Å². The Labute approximate surface area is 198 Å². The van der Waals surface area contributed by atoms with Crippen LogP contribution in [-0.2, 0) is 0 Å². The Morgan fingerprint density at radius 2 is 1.20 bits per heavy atom. The highest BCUT2D eigenvalue weighted by atomic mass is 127. The van der Waals surface area contributed by atoms with Gasteiger partial charge in [0.25, 0.3) is 0 Å². The van der Waals surface area contributed by atoms with Crippen LogP contribution in [0.5, 0.6) is 5.75 Å². The van der Waals surface area contributed by atoms with E-state index in [-0.39, 0.29) is 24.0 Å². The van der Waals surface area contributed by atoms with Gasteiger partial charge in [-0.3, -0.25) is 0 Å². The van der Waals surface area contributed by atoms with Crippen LogP contribution in [0.1, 0.15) is 30.0 Å². The van der Waals surface area contributed by atoms with Crippen molar-refractivity contribution in [3.63, 3.8) is 0 Å². The first-order chi connectivity index (χ1) is 14.0. The van der Waals surface area contributed by atoms with E-state index in [1.165, 1.54) is 27.8 Å². The highest BCUT2D eigenvalue weighted by molar-refractivity contribution is 5.98. The van der Waals surface area contributed by atoms with Crippen molar-refractivity contribution >= 4 is 11.1 Å². The molecule has 3 aromatic rings. The van der Waals surface area contributed by atoms with Crippen molar-refractivity contribution in [1.29, 1.82) is 0 Å². The summed E-state index contributed by atoms with van der Waals surface area (Å²) in [7, 11) is 6.54. The van der Waals surface area contributed by atoms with Crippen LogP contribution >= 0.6 is 0 Å². The molecular formula is C27H32INO. The van der Waals surface area contributed by atoms with Crippen molar-refractivity contribution in [1.82, 2.24) is 0 Å². The molecule has 0 atom stereocenters. The second-order valence-corrected chi connectivity index (χ2v) is 8.33. The lowest BCUT2D eigenvalue weighted by Gasteiger charge is -2.23. The van der Waals surface area contributed by atoms with E-state index in [0.717, 1.165) is 23.2 Å². The lowest BCUT2D eigenvalue weighted by Crippen LogP contribution is -3.00. The van der Waals surface area contributed by atoms with E-state index in [9.17, 15) is 0 Å². The summed E-state index contributed by atoms with van der Waals surface area (Å²) in [6.45, 7) is 3.92. The summed E-state index contributed by atoms with van der Waals surface area (Å²) in [5.41, 5.74) is 6.38. The Kier molecular flexibility index (Phi) is 9.12. The molecule has 0 N–H and O–H groups in total. The van der Waals surface area contributed by atoms with Crippen molar-refractivity contribution in [3.05, 3.63) is 102 Å². The van der Waals surface area contributed by atoms with Crippen molar-refractivity contribution < 1.29 is 33.2 Å². The molecule has 0 heterocycles. The predicted molar refractivity (Wildman–Crippen MR) is 124 cm³/mol. The van der Waals surface area contributed by atoms with Crippen LogP contribution in [0.25, 0.3) is 11.1 Å². The molecule has 2 nitrogen and oxygen atoms in total. The van der Waals surface area contributed by atoms with Crippen molar-refractivity contribution in [2.24, 2.45) is 0 Å². The third-order valence-electron chi connectivity index (χ3n) is 5.01. The zero-order chi connectivity index (χ0) is 20.7. The van der Waals surface area contributed by atoms with Gasteiger partial charge in [0.05, 0.1) is 21.1 Å². The van der Waals surface area contributed by atoms with E-state index in [2.05, 4.69) is 113 Å². The second-order valence-electron chi connectivity index (χ2n) is 8.33. The minimum atomic E-state index is 0. The standard InChI is InChI=1S/C27H32NO.HI/c1-5-26(22-12-8-6-9-13-22)27(23-14-10-7-11-15-23)24-16-18-25(19-17-24)29-21-20-28(2,3)4;/h6-19H,5,20-21H2,1-4H3;1H/q+1;/p-1/b27-26-;. The highest BCUT2D eigenvalue weighted by Crippen LogP contribution is 2.34. The second kappa shape index (κ2) is 11.3. The Morgan fingerprint density at radius 1 is 0.700 bits per heavy atom. The number of quaternary nitrogens is 1. The molecule has 0 radical (unpaired) electrons. The van der Waals surface area contributed by atoms with Crippen molar-refractivity contribution in [3.8, 4) is 5.75 Å². The maximum absolute atomic E-state index is 5.96. The minimum absolute atomic E-state index is 0. The molecule has 158 valence electrons. The number of benzene rings is 3. The summed E-state index contributed by atoms with van der Waals surface area (Å²) in [6.07, 6.45) is 0.968. The fraction of sp³-hybridized carbons (Fsp3) is 0.259. The maximum atomic E-state index is 5.96. The van der Waals surface area contributed by atoms with E-state index in [1.807, 2.05) is 0 Å². The first-order valence-electron chi connectivity index (χ1n) is 10.4.